The number of anilines is 1. The summed E-state index contributed by atoms with van der Waals surface area (Å²) in [6.07, 6.45) is 1.76. The summed E-state index contributed by atoms with van der Waals surface area (Å²) in [5, 5.41) is 16.0. The lowest BCUT2D eigenvalue weighted by Gasteiger charge is -2.07. The van der Waals surface area contributed by atoms with Crippen LogP contribution in [0.25, 0.3) is 10.7 Å². The Kier molecular flexibility index (Phi) is 6.43. The van der Waals surface area contributed by atoms with E-state index in [2.05, 4.69) is 22.1 Å². The van der Waals surface area contributed by atoms with Crippen molar-refractivity contribution in [1.29, 1.82) is 0 Å². The van der Waals surface area contributed by atoms with Gasteiger partial charge in [0.1, 0.15) is 5.00 Å². The van der Waals surface area contributed by atoms with Gasteiger partial charge in [0.05, 0.1) is 23.3 Å². The maximum atomic E-state index is 12.3. The van der Waals surface area contributed by atoms with Crippen LogP contribution in [-0.2, 0) is 16.1 Å². The highest BCUT2D eigenvalue weighted by Crippen LogP contribution is 2.28. The smallest absolute Gasteiger partial charge is 0.340 e. The van der Waals surface area contributed by atoms with Crippen molar-refractivity contribution < 1.29 is 14.3 Å². The Labute approximate surface area is 168 Å². The van der Waals surface area contributed by atoms with E-state index >= 15 is 0 Å². The molecule has 1 amide bonds. The molecule has 27 heavy (non-hydrogen) atoms. The third-order valence-corrected chi connectivity index (χ3v) is 6.09. The van der Waals surface area contributed by atoms with Crippen LogP contribution in [0, 0.1) is 0 Å². The quantitative estimate of drug-likeness (QED) is 0.339. The molecule has 0 radical (unpaired) electrons. The molecule has 3 aromatic heterocycles. The summed E-state index contributed by atoms with van der Waals surface area (Å²) in [4.78, 5) is 25.0. The highest BCUT2D eigenvalue weighted by Gasteiger charge is 2.18. The summed E-state index contributed by atoms with van der Waals surface area (Å²) in [5.41, 5.74) is 0.343. The van der Waals surface area contributed by atoms with Crippen LogP contribution in [0.1, 0.15) is 10.4 Å². The van der Waals surface area contributed by atoms with Crippen LogP contribution >= 0.6 is 34.4 Å². The fraction of sp³-hybridized carbons (Fsp3) is 0.176. The molecular formula is C17H16N4O3S3. The first-order valence-electron chi connectivity index (χ1n) is 7.80. The van der Waals surface area contributed by atoms with Gasteiger partial charge in [-0.3, -0.25) is 9.36 Å². The van der Waals surface area contributed by atoms with E-state index in [1.165, 1.54) is 30.2 Å². The van der Waals surface area contributed by atoms with Crippen LogP contribution in [0.2, 0.25) is 0 Å². The Morgan fingerprint density at radius 1 is 1.33 bits per heavy atom. The molecule has 0 aliphatic rings. The van der Waals surface area contributed by atoms with Gasteiger partial charge < -0.3 is 10.1 Å². The summed E-state index contributed by atoms with van der Waals surface area (Å²) in [5.74, 6) is 0.168. The fourth-order valence-corrected chi connectivity index (χ4v) is 4.50. The molecule has 3 heterocycles. The monoisotopic (exact) mass is 420 g/mol. The van der Waals surface area contributed by atoms with Crippen molar-refractivity contribution in [1.82, 2.24) is 14.8 Å². The minimum absolute atomic E-state index is 0.137. The molecular weight excluding hydrogens is 404 g/mol. The molecule has 0 aliphatic heterocycles. The predicted molar refractivity (Wildman–Crippen MR) is 109 cm³/mol. The van der Waals surface area contributed by atoms with Crippen LogP contribution in [0.4, 0.5) is 5.00 Å². The molecule has 0 aliphatic carbocycles. The van der Waals surface area contributed by atoms with Crippen molar-refractivity contribution in [3.63, 3.8) is 0 Å². The van der Waals surface area contributed by atoms with E-state index in [-0.39, 0.29) is 11.7 Å². The minimum atomic E-state index is -0.481. The van der Waals surface area contributed by atoms with E-state index in [0.717, 1.165) is 10.7 Å². The number of carbonyl (C=O) groups is 2. The number of nitrogens with one attached hydrogen (secondary N) is 1. The Bertz CT molecular complexity index is 947. The first-order valence-corrected chi connectivity index (χ1v) is 10.5. The van der Waals surface area contributed by atoms with Gasteiger partial charge in [-0.25, -0.2) is 4.79 Å². The molecule has 0 saturated heterocycles. The van der Waals surface area contributed by atoms with Crippen LogP contribution in [0.15, 0.2) is 46.8 Å². The first kappa shape index (κ1) is 19.3. The average molecular weight is 421 g/mol. The first-order chi connectivity index (χ1) is 13.1. The zero-order chi connectivity index (χ0) is 19.2. The van der Waals surface area contributed by atoms with Gasteiger partial charge >= 0.3 is 5.97 Å². The van der Waals surface area contributed by atoms with E-state index in [9.17, 15) is 9.59 Å². The van der Waals surface area contributed by atoms with Gasteiger partial charge in [0.15, 0.2) is 11.0 Å². The topological polar surface area (TPSA) is 86.1 Å². The van der Waals surface area contributed by atoms with Crippen LogP contribution in [0.3, 0.4) is 0 Å². The highest BCUT2D eigenvalue weighted by atomic mass is 32.2. The second-order valence-corrected chi connectivity index (χ2v) is 7.98. The lowest BCUT2D eigenvalue weighted by Crippen LogP contribution is -2.16. The Morgan fingerprint density at radius 3 is 2.89 bits per heavy atom. The number of hydrogen-bond donors (Lipinski definition) is 1. The highest BCUT2D eigenvalue weighted by molar-refractivity contribution is 7.99. The standard InChI is InChI=1S/C17H16N4O3S3/c1-3-7-21-14(12-5-4-8-25-12)19-20-17(21)27-10-13(22)18-15-11(6-9-26-15)16(23)24-2/h3-6,8-9H,1,7,10H2,2H3,(H,18,22). The number of ether oxygens (including phenoxy) is 1. The minimum Gasteiger partial charge on any atom is -0.465 e. The van der Waals surface area contributed by atoms with E-state index in [0.29, 0.717) is 22.3 Å². The Hall–Kier alpha value is -2.43. The van der Waals surface area contributed by atoms with E-state index in [1.54, 1.807) is 28.9 Å². The molecule has 0 saturated carbocycles. The van der Waals surface area contributed by atoms with Crippen LogP contribution in [0.5, 0.6) is 0 Å². The summed E-state index contributed by atoms with van der Waals surface area (Å²) in [6.45, 7) is 4.32. The number of esters is 1. The van der Waals surface area contributed by atoms with Crippen LogP contribution < -0.4 is 5.32 Å². The van der Waals surface area contributed by atoms with Crippen molar-refractivity contribution in [3.8, 4) is 10.7 Å². The molecule has 0 unspecified atom stereocenters. The fourth-order valence-electron chi connectivity index (χ4n) is 2.25. The van der Waals surface area contributed by atoms with E-state index in [4.69, 9.17) is 4.74 Å². The Morgan fingerprint density at radius 2 is 2.19 bits per heavy atom. The summed E-state index contributed by atoms with van der Waals surface area (Å²) < 4.78 is 6.63. The molecule has 0 fully saturated rings. The zero-order valence-corrected chi connectivity index (χ0v) is 16.8. The molecule has 1 N–H and O–H groups in total. The SMILES string of the molecule is C=CCn1c(SCC(=O)Nc2sccc2C(=O)OC)nnc1-c1cccs1. The normalized spacial score (nSPS) is 10.6. The maximum absolute atomic E-state index is 12.3. The summed E-state index contributed by atoms with van der Waals surface area (Å²) in [7, 11) is 1.30. The van der Waals surface area contributed by atoms with Gasteiger partial charge in [-0.2, -0.15) is 0 Å². The average Bonchev–Trinajstić information content (AvgIpc) is 3.40. The van der Waals surface area contributed by atoms with Crippen molar-refractivity contribution in [2.45, 2.75) is 11.7 Å². The molecule has 7 nitrogen and oxygen atoms in total. The molecule has 0 spiro atoms. The van der Waals surface area contributed by atoms with Gasteiger partial charge in [0.25, 0.3) is 0 Å². The zero-order valence-electron chi connectivity index (χ0n) is 14.4. The molecule has 3 rings (SSSR count). The number of hydrogen-bond acceptors (Lipinski definition) is 8. The number of thioether (sulfide) groups is 1. The number of rotatable bonds is 8. The lowest BCUT2D eigenvalue weighted by molar-refractivity contribution is -0.113. The maximum Gasteiger partial charge on any atom is 0.340 e. The molecule has 3 aromatic rings. The third kappa shape index (κ3) is 4.46. The van der Waals surface area contributed by atoms with Crippen LogP contribution in [-0.4, -0.2) is 39.5 Å². The number of amides is 1. The number of carbonyl (C=O) groups excluding carboxylic acids is 2. The number of thiophene rings is 2. The number of aromatic nitrogens is 3. The second-order valence-electron chi connectivity index (χ2n) is 5.17. The molecule has 140 valence electrons. The van der Waals surface area contributed by atoms with Gasteiger partial charge in [-0.05, 0) is 22.9 Å². The molecule has 10 heteroatoms. The number of nitrogens with zero attached hydrogens (tertiary/aromatic N) is 3. The largest absolute Gasteiger partial charge is 0.465 e. The summed E-state index contributed by atoms with van der Waals surface area (Å²) >= 11 is 4.12. The number of allylic oxidation sites excluding steroid dienone is 1. The summed E-state index contributed by atoms with van der Waals surface area (Å²) in [6, 6.07) is 5.54. The molecule has 0 aromatic carbocycles. The van der Waals surface area contributed by atoms with Gasteiger partial charge in [0, 0.05) is 6.54 Å². The van der Waals surface area contributed by atoms with Gasteiger partial charge in [-0.1, -0.05) is 23.9 Å². The Balaban J connectivity index is 1.68. The number of methoxy groups -OCH3 is 1. The van der Waals surface area contributed by atoms with Gasteiger partial charge in [-0.15, -0.1) is 39.4 Å². The van der Waals surface area contributed by atoms with Crippen molar-refractivity contribution in [3.05, 3.63) is 47.2 Å². The van der Waals surface area contributed by atoms with E-state index < -0.39 is 5.97 Å². The molecule has 0 bridgehead atoms. The van der Waals surface area contributed by atoms with Crippen molar-refractivity contribution in [2.75, 3.05) is 18.2 Å². The van der Waals surface area contributed by atoms with Crippen molar-refractivity contribution in [2.24, 2.45) is 0 Å². The third-order valence-electron chi connectivity index (χ3n) is 3.43. The predicted octanol–water partition coefficient (Wildman–Crippen LogP) is 3.77. The second kappa shape index (κ2) is 8.98. The van der Waals surface area contributed by atoms with E-state index in [1.807, 2.05) is 22.1 Å². The molecule has 0 atom stereocenters. The van der Waals surface area contributed by atoms with Gasteiger partial charge in [0.2, 0.25) is 5.91 Å². The van der Waals surface area contributed by atoms with Crippen molar-refractivity contribution >= 4 is 51.3 Å². The lowest BCUT2D eigenvalue weighted by atomic mass is 10.3.